The lowest BCUT2D eigenvalue weighted by atomic mass is 9.84. The van der Waals surface area contributed by atoms with Gasteiger partial charge in [0.25, 0.3) is 0 Å². The molecule has 0 aromatic carbocycles. The molecule has 3 N–H and O–H groups in total. The lowest BCUT2D eigenvalue weighted by Crippen LogP contribution is -2.68. The standard InChI is InChI=1S/C15H21FN4O.2C2HF3O2/c16-13-4-17-14(18-5-13)19-9-15(10-19)3-12(8-21)7-20(15)6-11-1-2-11;2*3-2(4,5)1(6)7/h4-5,11-12,21H,1-3,6-10H2;2*(H,6,7). The van der Waals surface area contributed by atoms with Crippen LogP contribution in [0.2, 0.25) is 0 Å². The second-order valence-corrected chi connectivity index (χ2v) is 8.49. The van der Waals surface area contributed by atoms with Crippen LogP contribution in [0, 0.1) is 17.7 Å². The van der Waals surface area contributed by atoms with Gasteiger partial charge in [0.1, 0.15) is 0 Å². The van der Waals surface area contributed by atoms with Gasteiger partial charge in [0.2, 0.25) is 5.95 Å². The van der Waals surface area contributed by atoms with E-state index in [2.05, 4.69) is 19.8 Å². The van der Waals surface area contributed by atoms with Crippen LogP contribution < -0.4 is 4.90 Å². The number of hydrogen-bond donors (Lipinski definition) is 3. The average molecular weight is 520 g/mol. The Kier molecular flexibility index (Phi) is 8.86. The molecule has 0 radical (unpaired) electrons. The molecule has 4 rings (SSSR count). The van der Waals surface area contributed by atoms with E-state index < -0.39 is 30.1 Å². The van der Waals surface area contributed by atoms with E-state index >= 15 is 0 Å². The van der Waals surface area contributed by atoms with Crippen molar-refractivity contribution >= 4 is 17.9 Å². The van der Waals surface area contributed by atoms with Crippen LogP contribution in [-0.2, 0) is 9.59 Å². The Morgan fingerprint density at radius 2 is 1.43 bits per heavy atom. The van der Waals surface area contributed by atoms with E-state index in [9.17, 15) is 35.8 Å². The molecule has 1 aliphatic carbocycles. The SMILES string of the molecule is O=C(O)C(F)(F)F.O=C(O)C(F)(F)F.OCC1CN(CC2CC2)C2(C1)CN(c1ncc(F)cn1)C2. The summed E-state index contributed by atoms with van der Waals surface area (Å²) in [6.45, 7) is 4.22. The Hall–Kier alpha value is -2.75. The van der Waals surface area contributed by atoms with Crippen LogP contribution in [-0.4, -0.2) is 92.8 Å². The number of anilines is 1. The van der Waals surface area contributed by atoms with Gasteiger partial charge in [0, 0.05) is 32.8 Å². The highest BCUT2D eigenvalue weighted by Gasteiger charge is 2.54. The number of likely N-dealkylation sites (tertiary alicyclic amines) is 1. The molecule has 0 amide bonds. The highest BCUT2D eigenvalue weighted by molar-refractivity contribution is 5.73. The zero-order chi connectivity index (χ0) is 26.6. The van der Waals surface area contributed by atoms with Gasteiger partial charge in [-0.1, -0.05) is 0 Å². The van der Waals surface area contributed by atoms with Gasteiger partial charge in [-0.15, -0.1) is 0 Å². The number of carboxylic acid groups (broad SMARTS) is 2. The molecule has 3 heterocycles. The molecule has 2 aliphatic heterocycles. The summed E-state index contributed by atoms with van der Waals surface area (Å²) < 4.78 is 76.4. The molecule has 1 aromatic heterocycles. The number of aromatic nitrogens is 2. The summed E-state index contributed by atoms with van der Waals surface area (Å²) in [6, 6.07) is 0. The van der Waals surface area contributed by atoms with Crippen LogP contribution >= 0.6 is 0 Å². The monoisotopic (exact) mass is 520 g/mol. The first kappa shape index (κ1) is 28.5. The minimum absolute atomic E-state index is 0.174. The van der Waals surface area contributed by atoms with Crippen molar-refractivity contribution in [2.45, 2.75) is 37.2 Å². The first-order valence-electron chi connectivity index (χ1n) is 10.3. The van der Waals surface area contributed by atoms with Crippen molar-refractivity contribution in [2.24, 2.45) is 11.8 Å². The predicted octanol–water partition coefficient (Wildman–Crippen LogP) is 2.17. The summed E-state index contributed by atoms with van der Waals surface area (Å²) in [5.74, 6) is -4.05. The normalized spacial score (nSPS) is 21.4. The fraction of sp³-hybridized carbons (Fsp3) is 0.684. The Morgan fingerprint density at radius 1 is 0.971 bits per heavy atom. The number of rotatable bonds is 4. The zero-order valence-corrected chi connectivity index (χ0v) is 18.1. The molecule has 1 atom stereocenters. The Bertz CT molecular complexity index is 848. The van der Waals surface area contributed by atoms with Crippen LogP contribution in [0.15, 0.2) is 12.4 Å². The van der Waals surface area contributed by atoms with E-state index in [1.54, 1.807) is 0 Å². The van der Waals surface area contributed by atoms with Crippen molar-refractivity contribution in [3.8, 4) is 0 Å². The molecule has 3 aliphatic rings. The third kappa shape index (κ3) is 8.16. The highest BCUT2D eigenvalue weighted by Crippen LogP contribution is 2.43. The van der Waals surface area contributed by atoms with E-state index in [-0.39, 0.29) is 12.1 Å². The Balaban J connectivity index is 0.000000257. The van der Waals surface area contributed by atoms with Crippen LogP contribution in [0.25, 0.3) is 0 Å². The summed E-state index contributed by atoms with van der Waals surface area (Å²) in [5, 5.41) is 23.7. The van der Waals surface area contributed by atoms with Crippen LogP contribution in [0.5, 0.6) is 0 Å². The molecule has 0 bridgehead atoms. The first-order chi connectivity index (χ1) is 16.1. The van der Waals surface area contributed by atoms with Crippen molar-refractivity contribution in [3.63, 3.8) is 0 Å². The van der Waals surface area contributed by atoms with Gasteiger partial charge in [-0.2, -0.15) is 26.3 Å². The molecule has 1 spiro atoms. The molecule has 3 fully saturated rings. The lowest BCUT2D eigenvalue weighted by molar-refractivity contribution is -0.193. The molecule has 198 valence electrons. The van der Waals surface area contributed by atoms with Crippen molar-refractivity contribution < 1.29 is 55.6 Å². The fourth-order valence-corrected chi connectivity index (χ4v) is 3.84. The van der Waals surface area contributed by atoms with E-state index in [0.717, 1.165) is 38.5 Å². The van der Waals surface area contributed by atoms with Crippen LogP contribution in [0.1, 0.15) is 19.3 Å². The molecule has 35 heavy (non-hydrogen) atoms. The van der Waals surface area contributed by atoms with Gasteiger partial charge in [-0.05, 0) is 31.1 Å². The summed E-state index contributed by atoms with van der Waals surface area (Å²) in [7, 11) is 0. The third-order valence-electron chi connectivity index (χ3n) is 5.60. The van der Waals surface area contributed by atoms with Gasteiger partial charge in [-0.3, -0.25) is 4.90 Å². The van der Waals surface area contributed by atoms with Gasteiger partial charge in [0.15, 0.2) is 5.82 Å². The smallest absolute Gasteiger partial charge is 0.475 e. The number of aliphatic carboxylic acids is 2. The van der Waals surface area contributed by atoms with Crippen molar-refractivity contribution in [1.82, 2.24) is 14.9 Å². The average Bonchev–Trinajstić information content (AvgIpc) is 3.45. The van der Waals surface area contributed by atoms with E-state index in [1.165, 1.54) is 25.2 Å². The number of alkyl halides is 6. The maximum Gasteiger partial charge on any atom is 0.490 e. The second-order valence-electron chi connectivity index (χ2n) is 8.49. The predicted molar refractivity (Wildman–Crippen MR) is 104 cm³/mol. The molecular weight excluding hydrogens is 497 g/mol. The second kappa shape index (κ2) is 10.9. The molecule has 2 saturated heterocycles. The van der Waals surface area contributed by atoms with Crippen molar-refractivity contribution in [3.05, 3.63) is 18.2 Å². The van der Waals surface area contributed by atoms with Crippen LogP contribution in [0.3, 0.4) is 0 Å². The number of hydrogen-bond acceptors (Lipinski definition) is 7. The zero-order valence-electron chi connectivity index (χ0n) is 18.1. The minimum Gasteiger partial charge on any atom is -0.475 e. The number of carbonyl (C=O) groups is 2. The summed E-state index contributed by atoms with van der Waals surface area (Å²) in [5.41, 5.74) is 0.174. The first-order valence-corrected chi connectivity index (χ1v) is 10.3. The van der Waals surface area contributed by atoms with Gasteiger partial charge in [0.05, 0.1) is 17.9 Å². The molecule has 1 unspecified atom stereocenters. The molecule has 1 aromatic rings. The number of nitrogens with zero attached hydrogens (tertiary/aromatic N) is 4. The largest absolute Gasteiger partial charge is 0.490 e. The van der Waals surface area contributed by atoms with Crippen LogP contribution in [0.4, 0.5) is 36.7 Å². The highest BCUT2D eigenvalue weighted by atomic mass is 19.4. The molecular formula is C19H23F7N4O5. The number of aliphatic hydroxyl groups excluding tert-OH is 1. The Labute approximate surface area is 194 Å². The lowest BCUT2D eigenvalue weighted by Gasteiger charge is -2.53. The fourth-order valence-electron chi connectivity index (χ4n) is 3.84. The summed E-state index contributed by atoms with van der Waals surface area (Å²) in [6.07, 6.45) is -3.98. The maximum absolute atomic E-state index is 12.9. The quantitative estimate of drug-likeness (QED) is 0.512. The number of halogens is 7. The Morgan fingerprint density at radius 3 is 1.80 bits per heavy atom. The van der Waals surface area contributed by atoms with Crippen molar-refractivity contribution in [1.29, 1.82) is 0 Å². The van der Waals surface area contributed by atoms with E-state index in [4.69, 9.17) is 19.8 Å². The van der Waals surface area contributed by atoms with Gasteiger partial charge >= 0.3 is 24.3 Å². The molecule has 1 saturated carbocycles. The maximum atomic E-state index is 12.9. The minimum atomic E-state index is -5.08. The van der Waals surface area contributed by atoms with E-state index in [0.29, 0.717) is 11.9 Å². The van der Waals surface area contributed by atoms with Gasteiger partial charge < -0.3 is 20.2 Å². The number of carboxylic acids is 2. The van der Waals surface area contributed by atoms with Gasteiger partial charge in [-0.25, -0.2) is 23.9 Å². The van der Waals surface area contributed by atoms with Crippen molar-refractivity contribution in [2.75, 3.05) is 37.7 Å². The summed E-state index contributed by atoms with van der Waals surface area (Å²) >= 11 is 0. The number of aliphatic hydroxyl groups is 1. The van der Waals surface area contributed by atoms with E-state index in [1.807, 2.05) is 0 Å². The topological polar surface area (TPSA) is 127 Å². The third-order valence-corrected chi connectivity index (χ3v) is 5.60. The molecule has 16 heteroatoms. The molecule has 9 nitrogen and oxygen atoms in total. The summed E-state index contributed by atoms with van der Waals surface area (Å²) in [4.78, 5) is 30.6.